The maximum Gasteiger partial charge on any atom is 0.0658 e. The van der Waals surface area contributed by atoms with Gasteiger partial charge in [0.25, 0.3) is 0 Å². The van der Waals surface area contributed by atoms with Gasteiger partial charge in [-0.2, -0.15) is 0 Å². The minimum absolute atomic E-state index is 0.143. The molecule has 0 amide bonds. The Bertz CT molecular complexity index is 390. The van der Waals surface area contributed by atoms with Crippen LogP contribution in [0.3, 0.4) is 0 Å². The second-order valence-corrected chi connectivity index (χ2v) is 10.6. The Kier molecular flexibility index (Phi) is 7.86. The molecule has 1 aliphatic heterocycles. The van der Waals surface area contributed by atoms with Crippen molar-refractivity contribution in [1.82, 2.24) is 0 Å². The van der Waals surface area contributed by atoms with Gasteiger partial charge < -0.3 is 4.74 Å². The first-order chi connectivity index (χ1) is 11.7. The summed E-state index contributed by atoms with van der Waals surface area (Å²) < 4.78 is 6.83. The molecule has 1 saturated carbocycles. The van der Waals surface area contributed by atoms with E-state index in [1.165, 1.54) is 57.8 Å². The molecule has 1 aliphatic carbocycles. The van der Waals surface area contributed by atoms with Crippen molar-refractivity contribution in [3.8, 4) is 0 Å². The summed E-state index contributed by atoms with van der Waals surface area (Å²) in [5, 5.41) is 0. The molecule has 148 valence electrons. The van der Waals surface area contributed by atoms with Gasteiger partial charge in [-0.05, 0) is 68.1 Å². The predicted octanol–water partition coefficient (Wildman–Crippen LogP) is 7.49. The third-order valence-corrected chi connectivity index (χ3v) is 7.62. The van der Waals surface area contributed by atoms with Crippen molar-refractivity contribution in [2.45, 2.75) is 118 Å². The quantitative estimate of drug-likeness (QED) is 0.440. The zero-order chi connectivity index (χ0) is 18.6. The van der Waals surface area contributed by atoms with Gasteiger partial charge in [-0.15, -0.1) is 0 Å². The SMILES string of the molecule is CC(C)CCCC(C)CCC[C@]1(C)CCC2C(O1)[C@H](C)[C@H](C)C[C@@H]2C. The van der Waals surface area contributed by atoms with E-state index in [1.54, 1.807) is 0 Å². The normalized spacial score (nSPS) is 40.1. The minimum Gasteiger partial charge on any atom is -0.371 e. The molecule has 0 spiro atoms. The first-order valence-electron chi connectivity index (χ1n) is 11.4. The Balaban J connectivity index is 1.76. The Morgan fingerprint density at radius 2 is 1.64 bits per heavy atom. The van der Waals surface area contributed by atoms with Crippen molar-refractivity contribution in [2.75, 3.05) is 0 Å². The molecule has 7 atom stereocenters. The van der Waals surface area contributed by atoms with Crippen molar-refractivity contribution in [3.05, 3.63) is 0 Å². The van der Waals surface area contributed by atoms with Gasteiger partial charge >= 0.3 is 0 Å². The smallest absolute Gasteiger partial charge is 0.0658 e. The van der Waals surface area contributed by atoms with Crippen LogP contribution in [0.2, 0.25) is 0 Å². The number of rotatable bonds is 8. The van der Waals surface area contributed by atoms with Crippen molar-refractivity contribution >= 4 is 0 Å². The molecule has 0 aromatic heterocycles. The van der Waals surface area contributed by atoms with Gasteiger partial charge in [0.1, 0.15) is 0 Å². The van der Waals surface area contributed by atoms with Crippen molar-refractivity contribution in [1.29, 1.82) is 0 Å². The highest BCUT2D eigenvalue weighted by atomic mass is 16.5. The molecule has 1 heteroatoms. The van der Waals surface area contributed by atoms with Crippen LogP contribution < -0.4 is 0 Å². The Hall–Kier alpha value is -0.0400. The standard InChI is InChI=1S/C24H46O/c1-17(2)10-8-11-18(3)12-9-14-24(7)15-13-22-20(5)16-19(4)21(6)23(22)25-24/h17-23H,8-16H2,1-7H3/t18?,19-,20+,21-,22?,23?,24-/m1/s1. The van der Waals surface area contributed by atoms with E-state index in [0.717, 1.165) is 35.5 Å². The lowest BCUT2D eigenvalue weighted by Crippen LogP contribution is -2.51. The van der Waals surface area contributed by atoms with Crippen LogP contribution in [0.4, 0.5) is 0 Å². The number of ether oxygens (including phenoxy) is 1. The highest BCUT2D eigenvalue weighted by molar-refractivity contribution is 4.95. The highest BCUT2D eigenvalue weighted by Gasteiger charge is 2.46. The van der Waals surface area contributed by atoms with Crippen LogP contribution in [-0.2, 0) is 4.74 Å². The van der Waals surface area contributed by atoms with Crippen LogP contribution >= 0.6 is 0 Å². The predicted molar refractivity (Wildman–Crippen MR) is 110 cm³/mol. The first-order valence-corrected chi connectivity index (χ1v) is 11.4. The molecule has 0 aromatic carbocycles. The molecule has 0 bridgehead atoms. The largest absolute Gasteiger partial charge is 0.371 e. The van der Waals surface area contributed by atoms with Crippen LogP contribution in [0.25, 0.3) is 0 Å². The fraction of sp³-hybridized carbons (Fsp3) is 1.00. The van der Waals surface area contributed by atoms with E-state index in [-0.39, 0.29) is 5.60 Å². The molecule has 0 radical (unpaired) electrons. The topological polar surface area (TPSA) is 9.23 Å². The summed E-state index contributed by atoms with van der Waals surface area (Å²) >= 11 is 0. The van der Waals surface area contributed by atoms with E-state index in [0.29, 0.717) is 6.10 Å². The summed E-state index contributed by atoms with van der Waals surface area (Å²) in [5.41, 5.74) is 0.143. The number of hydrogen-bond acceptors (Lipinski definition) is 1. The molecule has 2 fully saturated rings. The van der Waals surface area contributed by atoms with Crippen LogP contribution in [0.5, 0.6) is 0 Å². The number of fused-ring (bicyclic) bond motifs is 1. The lowest BCUT2D eigenvalue weighted by Gasteiger charge is -2.52. The second kappa shape index (κ2) is 9.25. The van der Waals surface area contributed by atoms with Crippen molar-refractivity contribution < 1.29 is 4.74 Å². The fourth-order valence-corrected chi connectivity index (χ4v) is 5.54. The van der Waals surface area contributed by atoms with E-state index in [1.807, 2.05) is 0 Å². The zero-order valence-corrected chi connectivity index (χ0v) is 18.3. The summed E-state index contributed by atoms with van der Waals surface area (Å²) in [5.74, 6) is 4.95. The Morgan fingerprint density at radius 3 is 2.32 bits per heavy atom. The van der Waals surface area contributed by atoms with Gasteiger partial charge in [0, 0.05) is 0 Å². The fourth-order valence-electron chi connectivity index (χ4n) is 5.54. The van der Waals surface area contributed by atoms with Crippen LogP contribution in [-0.4, -0.2) is 11.7 Å². The van der Waals surface area contributed by atoms with E-state index >= 15 is 0 Å². The van der Waals surface area contributed by atoms with E-state index in [4.69, 9.17) is 4.74 Å². The lowest BCUT2D eigenvalue weighted by molar-refractivity contribution is -0.196. The van der Waals surface area contributed by atoms with Gasteiger partial charge in [0.05, 0.1) is 11.7 Å². The van der Waals surface area contributed by atoms with E-state index < -0.39 is 0 Å². The van der Waals surface area contributed by atoms with E-state index in [9.17, 15) is 0 Å². The Labute approximate surface area is 158 Å². The molecule has 2 aliphatic rings. The van der Waals surface area contributed by atoms with Gasteiger partial charge in [-0.25, -0.2) is 0 Å². The van der Waals surface area contributed by atoms with Gasteiger partial charge in [-0.3, -0.25) is 0 Å². The average molecular weight is 351 g/mol. The molecule has 25 heavy (non-hydrogen) atoms. The minimum atomic E-state index is 0.143. The summed E-state index contributed by atoms with van der Waals surface area (Å²) in [6, 6.07) is 0. The third kappa shape index (κ3) is 5.98. The van der Waals surface area contributed by atoms with E-state index in [2.05, 4.69) is 48.5 Å². The van der Waals surface area contributed by atoms with Gasteiger partial charge in [-0.1, -0.05) is 73.6 Å². The Morgan fingerprint density at radius 1 is 0.960 bits per heavy atom. The monoisotopic (exact) mass is 350 g/mol. The van der Waals surface area contributed by atoms with Crippen LogP contribution in [0.1, 0.15) is 106 Å². The average Bonchev–Trinajstić information content (AvgIpc) is 2.52. The molecule has 0 N–H and O–H groups in total. The zero-order valence-electron chi connectivity index (χ0n) is 18.3. The molecule has 1 heterocycles. The molecule has 1 nitrogen and oxygen atoms in total. The summed E-state index contributed by atoms with van der Waals surface area (Å²) in [7, 11) is 0. The molecule has 2 rings (SSSR count). The first kappa shape index (κ1) is 21.3. The summed E-state index contributed by atoms with van der Waals surface area (Å²) in [6.45, 7) is 16.9. The molecular formula is C24H46O. The number of hydrogen-bond donors (Lipinski definition) is 0. The molecular weight excluding hydrogens is 304 g/mol. The molecule has 3 unspecified atom stereocenters. The lowest BCUT2D eigenvalue weighted by atomic mass is 9.64. The van der Waals surface area contributed by atoms with Crippen LogP contribution in [0, 0.1) is 35.5 Å². The molecule has 0 aromatic rings. The molecule has 1 saturated heterocycles. The highest BCUT2D eigenvalue weighted by Crippen LogP contribution is 2.48. The third-order valence-electron chi connectivity index (χ3n) is 7.62. The van der Waals surface area contributed by atoms with Gasteiger partial charge in [0.2, 0.25) is 0 Å². The summed E-state index contributed by atoms with van der Waals surface area (Å²) in [4.78, 5) is 0. The maximum atomic E-state index is 6.83. The van der Waals surface area contributed by atoms with Crippen molar-refractivity contribution in [2.24, 2.45) is 35.5 Å². The van der Waals surface area contributed by atoms with Crippen molar-refractivity contribution in [3.63, 3.8) is 0 Å². The summed E-state index contributed by atoms with van der Waals surface area (Å²) in [6.07, 6.45) is 12.8. The van der Waals surface area contributed by atoms with Gasteiger partial charge in [0.15, 0.2) is 0 Å². The second-order valence-electron chi connectivity index (χ2n) is 10.6. The maximum absolute atomic E-state index is 6.83. The van der Waals surface area contributed by atoms with Crippen LogP contribution in [0.15, 0.2) is 0 Å².